The molecule has 7 nitrogen and oxygen atoms in total. The van der Waals surface area contributed by atoms with Crippen LogP contribution >= 0.6 is 0 Å². The van der Waals surface area contributed by atoms with Gasteiger partial charge >= 0.3 is 5.88 Å². The molecular formula is C20H16N4O3. The smallest absolute Gasteiger partial charge is 0.400 e. The molecule has 0 spiro atoms. The third-order valence-corrected chi connectivity index (χ3v) is 4.16. The standard InChI is InChI=1S/C20H16N4O3/c1-14-5-4-6-15(11-14)13-23-18-8-3-2-7-17(18)22-20(23)21-12-16-9-10-19(27-16)24(25)26/h2-12H,13H2,1H3/b21-12+. The Hall–Kier alpha value is -3.74. The molecule has 0 atom stereocenters. The summed E-state index contributed by atoms with van der Waals surface area (Å²) in [6.45, 7) is 2.67. The molecule has 2 aromatic carbocycles. The Balaban J connectivity index is 1.73. The first-order valence-electron chi connectivity index (χ1n) is 8.39. The van der Waals surface area contributed by atoms with E-state index in [1.807, 2.05) is 34.9 Å². The molecule has 2 heterocycles. The van der Waals surface area contributed by atoms with Crippen molar-refractivity contribution in [3.63, 3.8) is 0 Å². The van der Waals surface area contributed by atoms with E-state index < -0.39 is 4.92 Å². The van der Waals surface area contributed by atoms with E-state index in [1.165, 1.54) is 23.9 Å². The Bertz CT molecular complexity index is 1160. The Morgan fingerprint density at radius 3 is 2.81 bits per heavy atom. The fourth-order valence-corrected chi connectivity index (χ4v) is 2.94. The van der Waals surface area contributed by atoms with E-state index in [-0.39, 0.29) is 5.88 Å². The van der Waals surface area contributed by atoms with Gasteiger partial charge in [-0.25, -0.2) is 9.98 Å². The van der Waals surface area contributed by atoms with Crippen LogP contribution in [0.3, 0.4) is 0 Å². The number of hydrogen-bond acceptors (Lipinski definition) is 5. The van der Waals surface area contributed by atoms with Crippen LogP contribution in [0.2, 0.25) is 0 Å². The lowest BCUT2D eigenvalue weighted by Crippen LogP contribution is -1.99. The van der Waals surface area contributed by atoms with Crippen LogP contribution in [0, 0.1) is 17.0 Å². The Morgan fingerprint density at radius 1 is 1.19 bits per heavy atom. The maximum absolute atomic E-state index is 10.7. The first-order valence-corrected chi connectivity index (χ1v) is 8.39. The lowest BCUT2D eigenvalue weighted by Gasteiger charge is -2.07. The van der Waals surface area contributed by atoms with Gasteiger partial charge in [-0.2, -0.15) is 0 Å². The predicted octanol–water partition coefficient (Wildman–Crippen LogP) is 4.64. The van der Waals surface area contributed by atoms with E-state index in [9.17, 15) is 10.1 Å². The van der Waals surface area contributed by atoms with Crippen molar-refractivity contribution < 1.29 is 9.34 Å². The number of rotatable bonds is 5. The molecule has 0 unspecified atom stereocenters. The van der Waals surface area contributed by atoms with Crippen LogP contribution in [0.4, 0.5) is 11.8 Å². The molecule has 0 N–H and O–H groups in total. The second kappa shape index (κ2) is 6.87. The van der Waals surface area contributed by atoms with E-state index in [1.54, 1.807) is 0 Å². The van der Waals surface area contributed by atoms with Crippen LogP contribution in [-0.2, 0) is 6.54 Å². The number of aromatic nitrogens is 2. The number of aryl methyl sites for hydroxylation is 1. The second-order valence-corrected chi connectivity index (χ2v) is 6.17. The average molecular weight is 360 g/mol. The van der Waals surface area contributed by atoms with E-state index in [4.69, 9.17) is 4.42 Å². The zero-order valence-electron chi connectivity index (χ0n) is 14.6. The van der Waals surface area contributed by atoms with Gasteiger partial charge < -0.3 is 8.98 Å². The first-order chi connectivity index (χ1) is 13.1. The van der Waals surface area contributed by atoms with Crippen molar-refractivity contribution in [3.8, 4) is 0 Å². The minimum Gasteiger partial charge on any atom is -0.400 e. The van der Waals surface area contributed by atoms with Crippen molar-refractivity contribution in [2.24, 2.45) is 4.99 Å². The van der Waals surface area contributed by atoms with Gasteiger partial charge in [0.15, 0.2) is 5.76 Å². The molecule has 0 saturated carbocycles. The normalized spacial score (nSPS) is 11.4. The molecule has 0 aliphatic heterocycles. The van der Waals surface area contributed by atoms with Crippen molar-refractivity contribution in [1.29, 1.82) is 0 Å². The Morgan fingerprint density at radius 2 is 2.04 bits per heavy atom. The molecule has 0 saturated heterocycles. The van der Waals surface area contributed by atoms with Crippen molar-refractivity contribution in [2.75, 3.05) is 0 Å². The molecule has 0 fully saturated rings. The van der Waals surface area contributed by atoms with Gasteiger partial charge in [-0.3, -0.25) is 10.1 Å². The highest BCUT2D eigenvalue weighted by Crippen LogP contribution is 2.24. The number of aliphatic imine (C=N–C) groups is 1. The summed E-state index contributed by atoms with van der Waals surface area (Å²) in [5.74, 6) is 0.498. The second-order valence-electron chi connectivity index (χ2n) is 6.17. The van der Waals surface area contributed by atoms with Gasteiger partial charge in [0.2, 0.25) is 5.95 Å². The van der Waals surface area contributed by atoms with Gasteiger partial charge in [0.05, 0.1) is 29.9 Å². The number of benzene rings is 2. The van der Waals surface area contributed by atoms with E-state index in [2.05, 4.69) is 35.1 Å². The minimum absolute atomic E-state index is 0.302. The number of nitrogens with zero attached hydrogens (tertiary/aromatic N) is 4. The number of nitro groups is 1. The lowest BCUT2D eigenvalue weighted by molar-refractivity contribution is -0.402. The van der Waals surface area contributed by atoms with Gasteiger partial charge in [0.25, 0.3) is 0 Å². The average Bonchev–Trinajstić information content (AvgIpc) is 3.25. The summed E-state index contributed by atoms with van der Waals surface area (Å²) in [4.78, 5) is 19.2. The van der Waals surface area contributed by atoms with Crippen LogP contribution in [0.1, 0.15) is 16.9 Å². The molecule has 2 aromatic heterocycles. The molecule has 0 radical (unpaired) electrons. The number of hydrogen-bond donors (Lipinski definition) is 0. The van der Waals surface area contributed by atoms with Crippen LogP contribution in [0.25, 0.3) is 11.0 Å². The third-order valence-electron chi connectivity index (χ3n) is 4.16. The third kappa shape index (κ3) is 3.48. The molecule has 0 bridgehead atoms. The van der Waals surface area contributed by atoms with E-state index in [0.717, 1.165) is 16.6 Å². The lowest BCUT2D eigenvalue weighted by atomic mass is 10.1. The zero-order chi connectivity index (χ0) is 18.8. The minimum atomic E-state index is -0.579. The summed E-state index contributed by atoms with van der Waals surface area (Å²) in [5, 5.41) is 10.7. The van der Waals surface area contributed by atoms with Gasteiger partial charge in [-0.05, 0) is 30.7 Å². The van der Waals surface area contributed by atoms with Crippen molar-refractivity contribution in [2.45, 2.75) is 13.5 Å². The first kappa shape index (κ1) is 16.7. The van der Waals surface area contributed by atoms with Gasteiger partial charge in [0.1, 0.15) is 4.92 Å². The van der Waals surface area contributed by atoms with Crippen molar-refractivity contribution >= 4 is 29.1 Å². The van der Waals surface area contributed by atoms with Gasteiger partial charge in [-0.15, -0.1) is 0 Å². The summed E-state index contributed by atoms with van der Waals surface area (Å²) in [6, 6.07) is 18.9. The molecule has 4 rings (SSSR count). The highest BCUT2D eigenvalue weighted by Gasteiger charge is 2.12. The van der Waals surface area contributed by atoms with Crippen LogP contribution in [0.15, 0.2) is 70.1 Å². The highest BCUT2D eigenvalue weighted by atomic mass is 16.6. The summed E-state index contributed by atoms with van der Waals surface area (Å²) in [6.07, 6.45) is 1.45. The summed E-state index contributed by atoms with van der Waals surface area (Å²) >= 11 is 0. The molecule has 0 amide bonds. The fourth-order valence-electron chi connectivity index (χ4n) is 2.94. The maximum Gasteiger partial charge on any atom is 0.433 e. The molecular weight excluding hydrogens is 344 g/mol. The van der Waals surface area contributed by atoms with Crippen molar-refractivity contribution in [1.82, 2.24) is 9.55 Å². The highest BCUT2D eigenvalue weighted by molar-refractivity contribution is 5.82. The van der Waals surface area contributed by atoms with E-state index >= 15 is 0 Å². The summed E-state index contributed by atoms with van der Waals surface area (Å²) < 4.78 is 7.14. The molecule has 0 aliphatic rings. The Labute approximate surface area is 154 Å². The summed E-state index contributed by atoms with van der Waals surface area (Å²) in [5.41, 5.74) is 4.13. The number of furan rings is 1. The Kier molecular flexibility index (Phi) is 4.25. The summed E-state index contributed by atoms with van der Waals surface area (Å²) in [7, 11) is 0. The van der Waals surface area contributed by atoms with Crippen molar-refractivity contribution in [3.05, 3.63) is 87.7 Å². The number of fused-ring (bicyclic) bond motifs is 1. The zero-order valence-corrected chi connectivity index (χ0v) is 14.6. The van der Waals surface area contributed by atoms with Gasteiger partial charge in [0, 0.05) is 0 Å². The molecule has 4 aromatic rings. The molecule has 27 heavy (non-hydrogen) atoms. The number of para-hydroxylation sites is 2. The quantitative estimate of drug-likeness (QED) is 0.295. The molecule has 7 heteroatoms. The molecule has 134 valence electrons. The predicted molar refractivity (Wildman–Crippen MR) is 103 cm³/mol. The van der Waals surface area contributed by atoms with Gasteiger partial charge in [-0.1, -0.05) is 42.0 Å². The van der Waals surface area contributed by atoms with Crippen LogP contribution in [0.5, 0.6) is 0 Å². The largest absolute Gasteiger partial charge is 0.433 e. The van der Waals surface area contributed by atoms with Crippen LogP contribution < -0.4 is 0 Å². The monoisotopic (exact) mass is 360 g/mol. The fraction of sp³-hybridized carbons (Fsp3) is 0.100. The topological polar surface area (TPSA) is 86.5 Å². The maximum atomic E-state index is 10.7. The van der Waals surface area contributed by atoms with Crippen LogP contribution in [-0.4, -0.2) is 20.7 Å². The molecule has 0 aliphatic carbocycles. The van der Waals surface area contributed by atoms with E-state index in [0.29, 0.717) is 18.3 Å². The number of imidazole rings is 1. The SMILES string of the molecule is Cc1cccc(Cn2c(/N=C/c3ccc([N+](=O)[O-])o3)nc3ccccc32)c1.